The highest BCUT2D eigenvalue weighted by Crippen LogP contribution is 2.14. The Balaban J connectivity index is 1.84. The number of benzene rings is 2. The van der Waals surface area contributed by atoms with Gasteiger partial charge >= 0.3 is 0 Å². The largest absolute Gasteiger partial charge is 0.491 e. The monoisotopic (exact) mass is 367 g/mol. The van der Waals surface area contributed by atoms with E-state index in [9.17, 15) is 14.7 Å². The Morgan fingerprint density at radius 1 is 1.22 bits per heavy atom. The molecule has 7 nitrogen and oxygen atoms in total. The molecule has 0 aliphatic rings. The molecule has 3 aromatic rings. The van der Waals surface area contributed by atoms with E-state index in [1.54, 1.807) is 30.3 Å². The van der Waals surface area contributed by atoms with Crippen molar-refractivity contribution in [2.75, 3.05) is 13.7 Å². The number of amides is 1. The lowest BCUT2D eigenvalue weighted by Crippen LogP contribution is -2.34. The van der Waals surface area contributed by atoms with Crippen LogP contribution in [0.1, 0.15) is 16.1 Å². The number of nitrogens with zero attached hydrogens (tertiary/aromatic N) is 2. The van der Waals surface area contributed by atoms with Crippen LogP contribution in [0.3, 0.4) is 0 Å². The van der Waals surface area contributed by atoms with Gasteiger partial charge in [-0.15, -0.1) is 0 Å². The van der Waals surface area contributed by atoms with Gasteiger partial charge in [0, 0.05) is 12.4 Å². The minimum atomic E-state index is -0.964. The number of aliphatic hydroxyl groups excluding tert-OH is 1. The molecule has 2 aromatic carbocycles. The number of aryl methyl sites for hydroxylation is 1. The zero-order valence-electron chi connectivity index (χ0n) is 15.2. The average Bonchev–Trinajstić information content (AvgIpc) is 2.68. The van der Waals surface area contributed by atoms with Crippen LogP contribution in [0.15, 0.2) is 53.3 Å². The molecule has 0 radical (unpaired) electrons. The van der Waals surface area contributed by atoms with Crippen molar-refractivity contribution in [2.45, 2.75) is 19.6 Å². The quantitative estimate of drug-likeness (QED) is 0.689. The third-order valence-corrected chi connectivity index (χ3v) is 4.13. The van der Waals surface area contributed by atoms with Gasteiger partial charge < -0.3 is 15.2 Å². The van der Waals surface area contributed by atoms with Gasteiger partial charge in [-0.1, -0.05) is 30.3 Å². The maximum atomic E-state index is 12.7. The first kappa shape index (κ1) is 18.6. The van der Waals surface area contributed by atoms with E-state index in [2.05, 4.69) is 10.4 Å². The van der Waals surface area contributed by atoms with E-state index in [1.165, 1.54) is 7.05 Å². The summed E-state index contributed by atoms with van der Waals surface area (Å²) in [4.78, 5) is 24.8. The molecule has 7 heteroatoms. The molecule has 1 aromatic heterocycles. The average molecular weight is 367 g/mol. The number of hydrogen-bond acceptors (Lipinski definition) is 5. The molecule has 0 aliphatic carbocycles. The van der Waals surface area contributed by atoms with Crippen LogP contribution in [0.5, 0.6) is 5.75 Å². The zero-order valence-corrected chi connectivity index (χ0v) is 15.2. The highest BCUT2D eigenvalue weighted by Gasteiger charge is 2.17. The molecule has 140 valence electrons. The molecule has 27 heavy (non-hydrogen) atoms. The summed E-state index contributed by atoms with van der Waals surface area (Å²) in [6, 6.07) is 14.2. The summed E-state index contributed by atoms with van der Waals surface area (Å²) in [7, 11) is 1.50. The molecular formula is C20H21N3O4. The van der Waals surface area contributed by atoms with Gasteiger partial charge in [-0.3, -0.25) is 9.59 Å². The lowest BCUT2D eigenvalue weighted by molar-refractivity contribution is 0.0866. The molecular weight excluding hydrogens is 346 g/mol. The second-order valence-electron chi connectivity index (χ2n) is 6.24. The van der Waals surface area contributed by atoms with E-state index in [-0.39, 0.29) is 24.4 Å². The predicted molar refractivity (Wildman–Crippen MR) is 102 cm³/mol. The molecule has 0 aliphatic heterocycles. The van der Waals surface area contributed by atoms with Crippen LogP contribution in [-0.4, -0.2) is 40.6 Å². The van der Waals surface area contributed by atoms with Crippen LogP contribution in [0.2, 0.25) is 0 Å². The summed E-state index contributed by atoms with van der Waals surface area (Å²) in [5.41, 5.74) is 0.817. The topological polar surface area (TPSA) is 93.5 Å². The molecule has 0 saturated carbocycles. The summed E-state index contributed by atoms with van der Waals surface area (Å²) in [6.07, 6.45) is -0.964. The van der Waals surface area contributed by atoms with Crippen LogP contribution in [0.4, 0.5) is 0 Å². The third kappa shape index (κ3) is 4.15. The SMILES string of the molecule is CNC(=O)c1nn(CC(O)COc2cccc(C)c2)c(=O)c2ccccc12. The predicted octanol–water partition coefficient (Wildman–Crippen LogP) is 1.50. The molecule has 1 atom stereocenters. The normalized spacial score (nSPS) is 12.0. The zero-order chi connectivity index (χ0) is 19.4. The molecule has 1 amide bonds. The lowest BCUT2D eigenvalue weighted by atomic mass is 10.1. The van der Waals surface area contributed by atoms with E-state index in [0.29, 0.717) is 16.5 Å². The first-order chi connectivity index (χ1) is 13.0. The van der Waals surface area contributed by atoms with Crippen LogP contribution in [-0.2, 0) is 6.54 Å². The fourth-order valence-corrected chi connectivity index (χ4v) is 2.79. The van der Waals surface area contributed by atoms with Crippen molar-refractivity contribution in [3.8, 4) is 5.75 Å². The molecule has 0 saturated heterocycles. The molecule has 1 unspecified atom stereocenters. The van der Waals surface area contributed by atoms with Crippen molar-refractivity contribution in [2.24, 2.45) is 0 Å². The van der Waals surface area contributed by atoms with E-state index in [1.807, 2.05) is 25.1 Å². The van der Waals surface area contributed by atoms with Crippen LogP contribution >= 0.6 is 0 Å². The molecule has 0 bridgehead atoms. The number of rotatable bonds is 6. The maximum Gasteiger partial charge on any atom is 0.274 e. The minimum absolute atomic E-state index is 0.000290. The van der Waals surface area contributed by atoms with Gasteiger partial charge in [-0.25, -0.2) is 4.68 Å². The van der Waals surface area contributed by atoms with Crippen molar-refractivity contribution in [1.82, 2.24) is 15.1 Å². The van der Waals surface area contributed by atoms with E-state index < -0.39 is 12.0 Å². The van der Waals surface area contributed by atoms with Gasteiger partial charge in [0.15, 0.2) is 5.69 Å². The van der Waals surface area contributed by atoms with Gasteiger partial charge in [0.1, 0.15) is 18.5 Å². The van der Waals surface area contributed by atoms with E-state index >= 15 is 0 Å². The maximum absolute atomic E-state index is 12.7. The second-order valence-corrected chi connectivity index (χ2v) is 6.24. The number of aromatic nitrogens is 2. The molecule has 0 fully saturated rings. The fourth-order valence-electron chi connectivity index (χ4n) is 2.79. The number of ether oxygens (including phenoxy) is 1. The van der Waals surface area contributed by atoms with Gasteiger partial charge in [-0.05, 0) is 30.7 Å². The van der Waals surface area contributed by atoms with Gasteiger partial charge in [0.05, 0.1) is 11.9 Å². The van der Waals surface area contributed by atoms with Gasteiger partial charge in [0.2, 0.25) is 0 Å². The Morgan fingerprint density at radius 3 is 2.67 bits per heavy atom. The van der Waals surface area contributed by atoms with Gasteiger partial charge in [0.25, 0.3) is 11.5 Å². The van der Waals surface area contributed by atoms with Crippen molar-refractivity contribution >= 4 is 16.7 Å². The molecule has 1 heterocycles. The number of carbonyl (C=O) groups excluding carboxylic acids is 1. The number of fused-ring (bicyclic) bond motifs is 1. The number of carbonyl (C=O) groups is 1. The van der Waals surface area contributed by atoms with E-state index in [0.717, 1.165) is 10.2 Å². The smallest absolute Gasteiger partial charge is 0.274 e. The van der Waals surface area contributed by atoms with Crippen LogP contribution < -0.4 is 15.6 Å². The molecule has 0 spiro atoms. The molecule has 3 rings (SSSR count). The van der Waals surface area contributed by atoms with Crippen LogP contribution in [0, 0.1) is 6.92 Å². The fraction of sp³-hybridized carbons (Fsp3) is 0.250. The van der Waals surface area contributed by atoms with Crippen LogP contribution in [0.25, 0.3) is 10.8 Å². The summed E-state index contributed by atoms with van der Waals surface area (Å²) in [6.45, 7) is 1.86. The first-order valence-corrected chi connectivity index (χ1v) is 8.59. The highest BCUT2D eigenvalue weighted by atomic mass is 16.5. The Hall–Kier alpha value is -3.19. The summed E-state index contributed by atoms with van der Waals surface area (Å²) in [5, 5.41) is 17.8. The summed E-state index contributed by atoms with van der Waals surface area (Å²) in [5.74, 6) is 0.240. The summed E-state index contributed by atoms with van der Waals surface area (Å²) >= 11 is 0. The Labute approximate surface area is 156 Å². The third-order valence-electron chi connectivity index (χ3n) is 4.13. The second kappa shape index (κ2) is 8.01. The first-order valence-electron chi connectivity index (χ1n) is 8.59. The number of nitrogens with one attached hydrogen (secondary N) is 1. The number of hydrogen-bond donors (Lipinski definition) is 2. The molecule has 2 N–H and O–H groups in total. The van der Waals surface area contributed by atoms with E-state index in [4.69, 9.17) is 4.74 Å². The minimum Gasteiger partial charge on any atom is -0.491 e. The van der Waals surface area contributed by atoms with Gasteiger partial charge in [-0.2, -0.15) is 5.10 Å². The Kier molecular flexibility index (Phi) is 5.52. The van der Waals surface area contributed by atoms with Crippen molar-refractivity contribution in [3.05, 3.63) is 70.1 Å². The highest BCUT2D eigenvalue weighted by molar-refractivity contribution is 6.04. The lowest BCUT2D eigenvalue weighted by Gasteiger charge is -2.15. The van der Waals surface area contributed by atoms with Crippen molar-refractivity contribution < 1.29 is 14.6 Å². The van der Waals surface area contributed by atoms with Crippen molar-refractivity contribution in [1.29, 1.82) is 0 Å². The Bertz CT molecular complexity index is 1030. The summed E-state index contributed by atoms with van der Waals surface area (Å²) < 4.78 is 6.68. The van der Waals surface area contributed by atoms with Crippen molar-refractivity contribution in [3.63, 3.8) is 0 Å². The Morgan fingerprint density at radius 2 is 1.96 bits per heavy atom. The number of aliphatic hydroxyl groups is 1. The standard InChI is InChI=1S/C20H21N3O4/c1-13-6-5-7-15(10-13)27-12-14(24)11-23-20(26)17-9-4-3-8-16(17)18(22-23)19(25)21-2/h3-10,14,24H,11-12H2,1-2H3,(H,21,25).